The Morgan fingerprint density at radius 3 is 2.65 bits per heavy atom. The van der Waals surface area contributed by atoms with Crippen molar-refractivity contribution in [3.8, 4) is 0 Å². The van der Waals surface area contributed by atoms with E-state index in [0.29, 0.717) is 43.5 Å². The van der Waals surface area contributed by atoms with Gasteiger partial charge in [-0.1, -0.05) is 46.2 Å². The Morgan fingerprint density at radius 1 is 1.21 bits per heavy atom. The summed E-state index contributed by atoms with van der Waals surface area (Å²) in [6.45, 7) is 6.05. The number of aliphatic hydroxyl groups is 2. The largest absolute Gasteiger partial charge is 0.390 e. The van der Waals surface area contributed by atoms with E-state index >= 15 is 0 Å². The lowest BCUT2D eigenvalue weighted by Gasteiger charge is -2.24. The van der Waals surface area contributed by atoms with Gasteiger partial charge in [-0.05, 0) is 25.8 Å². The first-order chi connectivity index (χ1) is 16.3. The van der Waals surface area contributed by atoms with Crippen LogP contribution < -0.4 is 0 Å². The van der Waals surface area contributed by atoms with Gasteiger partial charge in [-0.2, -0.15) is 0 Å². The van der Waals surface area contributed by atoms with Crippen LogP contribution in [0.4, 0.5) is 5.82 Å². The molecule has 3 heterocycles. The van der Waals surface area contributed by atoms with E-state index in [9.17, 15) is 10.2 Å². The van der Waals surface area contributed by atoms with E-state index < -0.39 is 30.2 Å². The highest BCUT2D eigenvalue weighted by molar-refractivity contribution is 7.97. The van der Waals surface area contributed by atoms with Crippen LogP contribution in [0.15, 0.2) is 47.6 Å². The summed E-state index contributed by atoms with van der Waals surface area (Å²) >= 11 is 0. The summed E-state index contributed by atoms with van der Waals surface area (Å²) < 4.78 is 24.2. The minimum absolute atomic E-state index is 0.219. The molecule has 0 amide bonds. The summed E-state index contributed by atoms with van der Waals surface area (Å²) in [6, 6.07) is 9.89. The van der Waals surface area contributed by atoms with Crippen LogP contribution in [-0.2, 0) is 27.5 Å². The lowest BCUT2D eigenvalue weighted by molar-refractivity contribution is -0.160. The van der Waals surface area contributed by atoms with Gasteiger partial charge in [0.2, 0.25) is 0 Å². The molecule has 182 valence electrons. The summed E-state index contributed by atoms with van der Waals surface area (Å²) in [5.74, 6) is -0.435. The molecule has 0 saturated carbocycles. The SMILES string of the molecule is CC[C@@H](O)C1OC(C)(C)OC1C(O)c1cn(COCc2ccccc2)c2c(N=PP)ncnc12. The van der Waals surface area contributed by atoms with Crippen molar-refractivity contribution in [2.45, 2.75) is 70.7 Å². The van der Waals surface area contributed by atoms with Gasteiger partial charge in [0.25, 0.3) is 0 Å². The Balaban J connectivity index is 1.69. The lowest BCUT2D eigenvalue weighted by Crippen LogP contribution is -2.38. The molecule has 0 aliphatic carbocycles. The van der Waals surface area contributed by atoms with Crippen molar-refractivity contribution in [1.82, 2.24) is 14.5 Å². The maximum absolute atomic E-state index is 11.4. The van der Waals surface area contributed by atoms with E-state index in [0.717, 1.165) is 5.56 Å². The van der Waals surface area contributed by atoms with Crippen LogP contribution in [0.25, 0.3) is 11.0 Å². The molecule has 0 spiro atoms. The molecular weight excluding hydrogens is 474 g/mol. The van der Waals surface area contributed by atoms with E-state index in [2.05, 4.69) is 23.6 Å². The van der Waals surface area contributed by atoms with E-state index in [1.807, 2.05) is 41.8 Å². The van der Waals surface area contributed by atoms with Crippen LogP contribution in [0, 0.1) is 0 Å². The second kappa shape index (κ2) is 10.8. The number of aliphatic hydroxyl groups excluding tert-OH is 2. The summed E-state index contributed by atoms with van der Waals surface area (Å²) in [6.07, 6.45) is 0.362. The number of hydrogen-bond acceptors (Lipinski definition) is 8. The van der Waals surface area contributed by atoms with Crippen LogP contribution in [0.3, 0.4) is 0 Å². The number of rotatable bonds is 9. The molecule has 1 fully saturated rings. The number of aromatic nitrogens is 3. The fraction of sp³-hybridized carbons (Fsp3) is 0.478. The van der Waals surface area contributed by atoms with Crippen LogP contribution in [0.1, 0.15) is 44.4 Å². The maximum Gasteiger partial charge on any atom is 0.184 e. The Kier molecular flexibility index (Phi) is 8.05. The first-order valence-corrected chi connectivity index (χ1v) is 13.6. The summed E-state index contributed by atoms with van der Waals surface area (Å²) in [7, 11) is 3.24. The third-order valence-electron chi connectivity index (χ3n) is 5.74. The highest BCUT2D eigenvalue weighted by Gasteiger charge is 2.48. The van der Waals surface area contributed by atoms with Crippen LogP contribution in [0.5, 0.6) is 0 Å². The van der Waals surface area contributed by atoms with E-state index in [4.69, 9.17) is 14.2 Å². The zero-order valence-electron chi connectivity index (χ0n) is 19.4. The molecule has 0 bridgehead atoms. The van der Waals surface area contributed by atoms with Crippen molar-refractivity contribution in [1.29, 1.82) is 0 Å². The van der Waals surface area contributed by atoms with Crippen LogP contribution in [0.2, 0.25) is 0 Å². The van der Waals surface area contributed by atoms with Gasteiger partial charge in [-0.3, -0.25) is 0 Å². The summed E-state index contributed by atoms with van der Waals surface area (Å²) in [5, 5.41) is 22.0. The highest BCUT2D eigenvalue weighted by Crippen LogP contribution is 2.40. The third kappa shape index (κ3) is 5.37. The monoisotopic (exact) mass is 504 g/mol. The second-order valence-electron chi connectivity index (χ2n) is 8.61. The van der Waals surface area contributed by atoms with Gasteiger partial charge in [0.1, 0.15) is 36.9 Å². The molecule has 34 heavy (non-hydrogen) atoms. The van der Waals surface area contributed by atoms with Crippen molar-refractivity contribution in [3.63, 3.8) is 0 Å². The average molecular weight is 504 g/mol. The molecular formula is C23H30N4O5P2. The first-order valence-electron chi connectivity index (χ1n) is 11.1. The molecule has 11 heteroatoms. The minimum Gasteiger partial charge on any atom is -0.390 e. The Labute approximate surface area is 202 Å². The number of fused-ring (bicyclic) bond motifs is 1. The Hall–Kier alpha value is -1.83. The van der Waals surface area contributed by atoms with E-state index in [1.165, 1.54) is 6.33 Å². The smallest absolute Gasteiger partial charge is 0.184 e. The molecule has 2 N–H and O–H groups in total. The summed E-state index contributed by atoms with van der Waals surface area (Å²) in [5.41, 5.74) is 2.80. The number of hydrogen-bond donors (Lipinski definition) is 2. The molecule has 0 radical (unpaired) electrons. The number of nitrogens with zero attached hydrogens (tertiary/aromatic N) is 4. The van der Waals surface area contributed by atoms with Gasteiger partial charge in [-0.15, -0.1) is 0 Å². The zero-order chi connectivity index (χ0) is 24.3. The quantitative estimate of drug-likeness (QED) is 0.413. The second-order valence-corrected chi connectivity index (χ2v) is 9.74. The van der Waals surface area contributed by atoms with Crippen molar-refractivity contribution in [2.24, 2.45) is 4.74 Å². The molecule has 3 aromatic rings. The standard InChI is InChI=1S/C23H30N4O5P2/c1-4-16(28)20-21(32-23(2,3)31-20)19(29)15-10-27(13-30-11-14-8-6-5-7-9-14)18-17(15)24-12-25-22(18)26-34-33/h5-10,12,16,19-21,28-29H,4,11,13,33H2,1-3H3/t16-,19?,20?,21?/m1/s1. The lowest BCUT2D eigenvalue weighted by atomic mass is 9.97. The highest BCUT2D eigenvalue weighted by atomic mass is 32.0. The minimum atomic E-state index is -1.10. The van der Waals surface area contributed by atoms with E-state index in [1.54, 1.807) is 20.0 Å². The van der Waals surface area contributed by atoms with Gasteiger partial charge >= 0.3 is 0 Å². The normalized spacial score (nSPS) is 21.9. The molecule has 1 saturated heterocycles. The molecule has 1 aromatic carbocycles. The van der Waals surface area contributed by atoms with Crippen LogP contribution in [-0.4, -0.2) is 48.8 Å². The first kappa shape index (κ1) is 25.3. The van der Waals surface area contributed by atoms with Gasteiger partial charge in [-0.25, -0.2) is 14.7 Å². The predicted molar refractivity (Wildman–Crippen MR) is 133 cm³/mol. The molecule has 9 nitrogen and oxygen atoms in total. The number of benzene rings is 1. The van der Waals surface area contributed by atoms with Gasteiger partial charge in [0.15, 0.2) is 11.6 Å². The van der Waals surface area contributed by atoms with Gasteiger partial charge in [0, 0.05) is 19.8 Å². The van der Waals surface area contributed by atoms with Crippen molar-refractivity contribution >= 4 is 33.8 Å². The molecule has 2 aromatic heterocycles. The van der Waals surface area contributed by atoms with Crippen molar-refractivity contribution < 1.29 is 24.4 Å². The maximum atomic E-state index is 11.4. The molecule has 1 aliphatic rings. The van der Waals surface area contributed by atoms with Crippen molar-refractivity contribution in [3.05, 3.63) is 54.0 Å². The predicted octanol–water partition coefficient (Wildman–Crippen LogP) is 4.48. The topological polar surface area (TPSA) is 111 Å². The fourth-order valence-electron chi connectivity index (χ4n) is 4.19. The molecule has 4 rings (SSSR count). The van der Waals surface area contributed by atoms with Gasteiger partial charge in [0.05, 0.1) is 18.2 Å². The Bertz CT molecular complexity index is 1140. The average Bonchev–Trinajstić information content (AvgIpc) is 3.37. The molecule has 1 aliphatic heterocycles. The third-order valence-corrected chi connectivity index (χ3v) is 6.40. The zero-order valence-corrected chi connectivity index (χ0v) is 21.5. The molecule has 5 atom stereocenters. The Morgan fingerprint density at radius 2 is 1.94 bits per heavy atom. The van der Waals surface area contributed by atoms with E-state index in [-0.39, 0.29) is 6.73 Å². The summed E-state index contributed by atoms with van der Waals surface area (Å²) in [4.78, 5) is 8.77. The van der Waals surface area contributed by atoms with Gasteiger partial charge < -0.3 is 29.0 Å². The molecule has 4 unspecified atom stereocenters. The van der Waals surface area contributed by atoms with Crippen molar-refractivity contribution in [2.75, 3.05) is 0 Å². The number of ether oxygens (including phenoxy) is 3. The fourth-order valence-corrected chi connectivity index (χ4v) is 4.77. The van der Waals surface area contributed by atoms with Crippen LogP contribution >= 0.6 is 17.0 Å².